The van der Waals surface area contributed by atoms with Crippen molar-refractivity contribution in [3.8, 4) is 5.75 Å². The zero-order chi connectivity index (χ0) is 21.9. The topological polar surface area (TPSA) is 89.0 Å². The lowest BCUT2D eigenvalue weighted by molar-refractivity contribution is -0.131. The molecule has 7 nitrogen and oxygen atoms in total. The van der Waals surface area contributed by atoms with Gasteiger partial charge in [0.25, 0.3) is 11.8 Å². The van der Waals surface area contributed by atoms with Crippen LogP contribution < -0.4 is 15.5 Å². The van der Waals surface area contributed by atoms with E-state index in [-0.39, 0.29) is 24.5 Å². The van der Waals surface area contributed by atoms with Crippen LogP contribution in [0.5, 0.6) is 5.75 Å². The number of rotatable bonds is 9. The summed E-state index contributed by atoms with van der Waals surface area (Å²) in [6.07, 6.45) is 6.51. The van der Waals surface area contributed by atoms with E-state index in [1.807, 2.05) is 30.3 Å². The van der Waals surface area contributed by atoms with Crippen LogP contribution in [-0.4, -0.2) is 37.8 Å². The molecule has 0 saturated heterocycles. The summed E-state index contributed by atoms with van der Waals surface area (Å²) in [5.74, 6) is 0.156. The molecule has 2 N–H and O–H groups in total. The van der Waals surface area contributed by atoms with Crippen molar-refractivity contribution in [2.24, 2.45) is 5.10 Å². The van der Waals surface area contributed by atoms with E-state index in [1.54, 1.807) is 24.3 Å². The number of hydrazone groups is 1. The van der Waals surface area contributed by atoms with E-state index in [0.717, 1.165) is 24.0 Å². The maximum atomic E-state index is 12.3. The fourth-order valence-electron chi connectivity index (χ4n) is 3.57. The lowest BCUT2D eigenvalue weighted by Gasteiger charge is -2.22. The van der Waals surface area contributed by atoms with E-state index in [1.165, 1.54) is 32.6 Å². The van der Waals surface area contributed by atoms with Gasteiger partial charge in [-0.25, -0.2) is 5.43 Å². The number of benzene rings is 2. The van der Waals surface area contributed by atoms with Crippen LogP contribution in [0.15, 0.2) is 59.7 Å². The molecule has 31 heavy (non-hydrogen) atoms. The number of carbonyl (C=O) groups is 2. The van der Waals surface area contributed by atoms with Crippen LogP contribution >= 0.6 is 0 Å². The molecule has 0 radical (unpaired) electrons. The van der Waals surface area contributed by atoms with Gasteiger partial charge in [-0.05, 0) is 48.2 Å². The van der Waals surface area contributed by atoms with Crippen molar-refractivity contribution >= 4 is 18.0 Å². The molecular formula is C24H29N3O4. The highest BCUT2D eigenvalue weighted by molar-refractivity contribution is 5.85. The van der Waals surface area contributed by atoms with E-state index in [0.29, 0.717) is 5.75 Å². The van der Waals surface area contributed by atoms with E-state index in [2.05, 4.69) is 15.8 Å². The number of nitrogens with zero attached hydrogens (tertiary/aromatic N) is 1. The summed E-state index contributed by atoms with van der Waals surface area (Å²) in [4.78, 5) is 24.3. The minimum atomic E-state index is -0.728. The third-order valence-electron chi connectivity index (χ3n) is 5.18. The molecule has 0 bridgehead atoms. The Labute approximate surface area is 182 Å². The van der Waals surface area contributed by atoms with Crippen LogP contribution in [-0.2, 0) is 14.3 Å². The molecule has 7 heteroatoms. The highest BCUT2D eigenvalue weighted by atomic mass is 16.5. The average molecular weight is 424 g/mol. The maximum Gasteiger partial charge on any atom is 0.273 e. The number of amides is 2. The summed E-state index contributed by atoms with van der Waals surface area (Å²) in [7, 11) is 1.48. The SMILES string of the molecule is CO[C@@H](C(=O)N/N=C\c1ccc(OCC(=O)NC2CCCCC2)cc1)c1ccccc1. The summed E-state index contributed by atoms with van der Waals surface area (Å²) in [5, 5.41) is 7.02. The van der Waals surface area contributed by atoms with Gasteiger partial charge >= 0.3 is 0 Å². The molecule has 1 atom stereocenters. The normalized spacial score (nSPS) is 15.4. The highest BCUT2D eigenvalue weighted by Gasteiger charge is 2.19. The van der Waals surface area contributed by atoms with Crippen molar-refractivity contribution in [2.45, 2.75) is 44.2 Å². The predicted molar refractivity (Wildman–Crippen MR) is 119 cm³/mol. The molecule has 1 saturated carbocycles. The molecule has 1 aliphatic carbocycles. The van der Waals surface area contributed by atoms with Crippen molar-refractivity contribution < 1.29 is 19.1 Å². The molecule has 2 aromatic rings. The Bertz CT molecular complexity index is 862. The third kappa shape index (κ3) is 7.22. The average Bonchev–Trinajstić information content (AvgIpc) is 2.80. The van der Waals surface area contributed by atoms with Gasteiger partial charge in [-0.2, -0.15) is 5.10 Å². The van der Waals surface area contributed by atoms with Crippen LogP contribution in [0.4, 0.5) is 0 Å². The van der Waals surface area contributed by atoms with Crippen LogP contribution in [0.1, 0.15) is 49.3 Å². The Morgan fingerprint density at radius 3 is 2.45 bits per heavy atom. The Morgan fingerprint density at radius 2 is 1.77 bits per heavy atom. The van der Waals surface area contributed by atoms with Gasteiger partial charge in [0.2, 0.25) is 0 Å². The molecule has 3 rings (SSSR count). The first-order chi connectivity index (χ1) is 15.2. The molecule has 0 spiro atoms. The molecule has 1 aliphatic rings. The number of hydrogen-bond donors (Lipinski definition) is 2. The Balaban J connectivity index is 1.43. The smallest absolute Gasteiger partial charge is 0.273 e. The zero-order valence-electron chi connectivity index (χ0n) is 17.8. The third-order valence-corrected chi connectivity index (χ3v) is 5.18. The van der Waals surface area contributed by atoms with Crippen molar-refractivity contribution in [1.82, 2.24) is 10.7 Å². The lowest BCUT2D eigenvalue weighted by atomic mass is 9.95. The predicted octanol–water partition coefficient (Wildman–Crippen LogP) is 3.35. The van der Waals surface area contributed by atoms with E-state index in [9.17, 15) is 9.59 Å². The molecule has 1 fully saturated rings. The first-order valence-electron chi connectivity index (χ1n) is 10.6. The number of nitrogens with one attached hydrogen (secondary N) is 2. The van der Waals surface area contributed by atoms with Gasteiger partial charge < -0.3 is 14.8 Å². The second-order valence-electron chi connectivity index (χ2n) is 7.52. The van der Waals surface area contributed by atoms with Crippen molar-refractivity contribution in [3.63, 3.8) is 0 Å². The maximum absolute atomic E-state index is 12.3. The molecular weight excluding hydrogens is 394 g/mol. The number of carbonyl (C=O) groups excluding carboxylic acids is 2. The monoisotopic (exact) mass is 423 g/mol. The summed E-state index contributed by atoms with van der Waals surface area (Å²) in [6.45, 7) is -0.00210. The van der Waals surface area contributed by atoms with Gasteiger partial charge in [-0.3, -0.25) is 9.59 Å². The van der Waals surface area contributed by atoms with Gasteiger partial charge in [-0.1, -0.05) is 49.6 Å². The van der Waals surface area contributed by atoms with Crippen LogP contribution in [0.2, 0.25) is 0 Å². The summed E-state index contributed by atoms with van der Waals surface area (Å²) < 4.78 is 10.8. The first-order valence-corrected chi connectivity index (χ1v) is 10.6. The summed E-state index contributed by atoms with van der Waals surface area (Å²) in [6, 6.07) is 16.6. The lowest BCUT2D eigenvalue weighted by Crippen LogP contribution is -2.38. The number of methoxy groups -OCH3 is 1. The fourth-order valence-corrected chi connectivity index (χ4v) is 3.57. The minimum absolute atomic E-state index is 0.00210. The second kappa shape index (κ2) is 11.9. The van der Waals surface area contributed by atoms with E-state index >= 15 is 0 Å². The zero-order valence-corrected chi connectivity index (χ0v) is 17.8. The molecule has 0 heterocycles. The fraction of sp³-hybridized carbons (Fsp3) is 0.375. The van der Waals surface area contributed by atoms with E-state index < -0.39 is 6.10 Å². The van der Waals surface area contributed by atoms with Gasteiger partial charge in [-0.15, -0.1) is 0 Å². The standard InChI is InChI=1S/C24H29N3O4/c1-30-23(19-8-4-2-5-9-19)24(29)27-25-16-18-12-14-21(15-13-18)31-17-22(28)26-20-10-6-3-7-11-20/h2,4-5,8-9,12-16,20,23H,3,6-7,10-11,17H2,1H3,(H,26,28)(H,27,29)/b25-16-/t23-/m1/s1. The molecule has 0 aliphatic heterocycles. The molecule has 0 unspecified atom stereocenters. The molecule has 2 aromatic carbocycles. The van der Waals surface area contributed by atoms with Crippen LogP contribution in [0.25, 0.3) is 0 Å². The van der Waals surface area contributed by atoms with Crippen LogP contribution in [0.3, 0.4) is 0 Å². The molecule has 2 amide bonds. The van der Waals surface area contributed by atoms with Crippen molar-refractivity contribution in [1.29, 1.82) is 0 Å². The Morgan fingerprint density at radius 1 is 1.06 bits per heavy atom. The molecule has 0 aromatic heterocycles. The van der Waals surface area contributed by atoms with Gasteiger partial charge in [0.15, 0.2) is 12.7 Å². The van der Waals surface area contributed by atoms with Crippen molar-refractivity contribution in [3.05, 3.63) is 65.7 Å². The Kier molecular flexibility index (Phi) is 8.60. The number of hydrogen-bond acceptors (Lipinski definition) is 5. The molecule has 164 valence electrons. The summed E-state index contributed by atoms with van der Waals surface area (Å²) in [5.41, 5.74) is 4.04. The van der Waals surface area contributed by atoms with Crippen molar-refractivity contribution in [2.75, 3.05) is 13.7 Å². The highest BCUT2D eigenvalue weighted by Crippen LogP contribution is 2.18. The van der Waals surface area contributed by atoms with Crippen LogP contribution in [0, 0.1) is 0 Å². The van der Waals surface area contributed by atoms with Gasteiger partial charge in [0.1, 0.15) is 5.75 Å². The van der Waals surface area contributed by atoms with Gasteiger partial charge in [0, 0.05) is 13.2 Å². The summed E-state index contributed by atoms with van der Waals surface area (Å²) >= 11 is 0. The van der Waals surface area contributed by atoms with Gasteiger partial charge in [0.05, 0.1) is 6.21 Å². The Hall–Kier alpha value is -3.19. The quantitative estimate of drug-likeness (QED) is 0.478. The number of ether oxygens (including phenoxy) is 2. The minimum Gasteiger partial charge on any atom is -0.484 e. The van der Waals surface area contributed by atoms with E-state index in [4.69, 9.17) is 9.47 Å². The largest absolute Gasteiger partial charge is 0.484 e. The second-order valence-corrected chi connectivity index (χ2v) is 7.52. The first kappa shape index (κ1) is 22.5.